The Bertz CT molecular complexity index is 335. The van der Waals surface area contributed by atoms with Crippen LogP contribution < -0.4 is 0 Å². The molecule has 3 atom stereocenters. The summed E-state index contributed by atoms with van der Waals surface area (Å²) in [5, 5.41) is 0.174. The van der Waals surface area contributed by atoms with Crippen molar-refractivity contribution in [3.8, 4) is 0 Å². The number of carbonyl (C=O) groups excluding carboxylic acids is 1. The number of hydrogen-bond donors (Lipinski definition) is 0. The van der Waals surface area contributed by atoms with E-state index in [-0.39, 0.29) is 29.1 Å². The molecule has 5 heteroatoms. The number of methoxy groups -OCH3 is 2. The molecule has 1 aliphatic carbocycles. The molecule has 4 nitrogen and oxygen atoms in total. The molecule has 1 saturated carbocycles. The van der Waals surface area contributed by atoms with Gasteiger partial charge in [-0.2, -0.15) is 0 Å². The molecule has 0 saturated heterocycles. The van der Waals surface area contributed by atoms with Gasteiger partial charge in [-0.15, -0.1) is 0 Å². The first-order valence-corrected chi connectivity index (χ1v) is 10.3. The predicted octanol–water partition coefficient (Wildman–Crippen LogP) is 3.36. The number of esters is 1. The summed E-state index contributed by atoms with van der Waals surface area (Å²) < 4.78 is 16.8. The van der Waals surface area contributed by atoms with E-state index in [9.17, 15) is 4.79 Å². The fourth-order valence-corrected chi connectivity index (χ4v) is 3.84. The van der Waals surface area contributed by atoms with E-state index in [0.29, 0.717) is 0 Å². The van der Waals surface area contributed by atoms with E-state index < -0.39 is 8.32 Å². The van der Waals surface area contributed by atoms with Crippen molar-refractivity contribution in [2.24, 2.45) is 5.92 Å². The average molecular weight is 302 g/mol. The highest BCUT2D eigenvalue weighted by Gasteiger charge is 2.42. The van der Waals surface area contributed by atoms with Gasteiger partial charge in [-0.25, -0.2) is 0 Å². The first-order chi connectivity index (χ1) is 9.10. The Kier molecular flexibility index (Phi) is 5.81. The van der Waals surface area contributed by atoms with Gasteiger partial charge in [0.05, 0.1) is 19.1 Å². The Morgan fingerprint density at radius 3 is 2.05 bits per heavy atom. The minimum Gasteiger partial charge on any atom is -0.469 e. The zero-order valence-corrected chi connectivity index (χ0v) is 15.0. The Morgan fingerprint density at radius 2 is 1.60 bits per heavy atom. The topological polar surface area (TPSA) is 44.8 Å². The molecule has 1 fully saturated rings. The van der Waals surface area contributed by atoms with Gasteiger partial charge in [-0.3, -0.25) is 4.79 Å². The van der Waals surface area contributed by atoms with Crippen LogP contribution in [0.4, 0.5) is 0 Å². The Labute approximate surface area is 124 Å². The molecule has 0 bridgehead atoms. The summed E-state index contributed by atoms with van der Waals surface area (Å²) in [6, 6.07) is 0. The van der Waals surface area contributed by atoms with E-state index in [0.717, 1.165) is 19.3 Å². The van der Waals surface area contributed by atoms with Crippen molar-refractivity contribution in [1.82, 2.24) is 0 Å². The molecule has 118 valence electrons. The minimum absolute atomic E-state index is 0.0858. The number of hydrogen-bond acceptors (Lipinski definition) is 4. The van der Waals surface area contributed by atoms with Gasteiger partial charge >= 0.3 is 5.97 Å². The fraction of sp³-hybridized carbons (Fsp3) is 0.933. The van der Waals surface area contributed by atoms with E-state index >= 15 is 0 Å². The van der Waals surface area contributed by atoms with Crippen molar-refractivity contribution in [1.29, 1.82) is 0 Å². The number of ether oxygens (including phenoxy) is 2. The predicted molar refractivity (Wildman–Crippen MR) is 82.2 cm³/mol. The maximum absolute atomic E-state index is 11.8. The Hall–Kier alpha value is -0.393. The van der Waals surface area contributed by atoms with E-state index in [1.165, 1.54) is 7.11 Å². The van der Waals surface area contributed by atoms with E-state index in [1.54, 1.807) is 7.11 Å². The lowest BCUT2D eigenvalue weighted by Gasteiger charge is -2.42. The van der Waals surface area contributed by atoms with Crippen LogP contribution in [0.25, 0.3) is 0 Å². The lowest BCUT2D eigenvalue weighted by atomic mass is 9.85. The zero-order chi connectivity index (χ0) is 15.6. The smallest absolute Gasteiger partial charge is 0.308 e. The summed E-state index contributed by atoms with van der Waals surface area (Å²) in [5.74, 6) is -0.246. The third-order valence-corrected chi connectivity index (χ3v) is 9.29. The van der Waals surface area contributed by atoms with Crippen molar-refractivity contribution in [2.45, 2.75) is 70.4 Å². The molecule has 0 N–H and O–H groups in total. The SMILES string of the molecule is COC(=O)[C@H]1C[C@@H](OC)C[C@H](O[Si](C)(C)C(C)(C)C)C1. The third kappa shape index (κ3) is 4.30. The van der Waals surface area contributed by atoms with Gasteiger partial charge in [-0.1, -0.05) is 20.8 Å². The van der Waals surface area contributed by atoms with Gasteiger partial charge in [0.1, 0.15) is 0 Å². The van der Waals surface area contributed by atoms with Crippen LogP contribution in [0, 0.1) is 5.92 Å². The molecule has 0 spiro atoms. The molecule has 0 aromatic carbocycles. The second-order valence-corrected chi connectivity index (χ2v) is 12.0. The van der Waals surface area contributed by atoms with Crippen LogP contribution in [0.3, 0.4) is 0 Å². The molecule has 0 aliphatic heterocycles. The van der Waals surface area contributed by atoms with Gasteiger partial charge in [0.25, 0.3) is 0 Å². The molecule has 0 unspecified atom stereocenters. The fourth-order valence-electron chi connectivity index (χ4n) is 2.46. The summed E-state index contributed by atoms with van der Waals surface area (Å²) >= 11 is 0. The Balaban J connectivity index is 2.76. The van der Waals surface area contributed by atoms with E-state index in [4.69, 9.17) is 13.9 Å². The van der Waals surface area contributed by atoms with Crippen LogP contribution in [-0.2, 0) is 18.7 Å². The highest BCUT2D eigenvalue weighted by Crippen LogP contribution is 2.40. The summed E-state index contributed by atoms with van der Waals surface area (Å²) in [6.07, 6.45) is 2.54. The maximum Gasteiger partial charge on any atom is 0.308 e. The highest BCUT2D eigenvalue weighted by molar-refractivity contribution is 6.74. The zero-order valence-electron chi connectivity index (χ0n) is 14.0. The molecule has 0 aromatic heterocycles. The summed E-state index contributed by atoms with van der Waals surface area (Å²) in [4.78, 5) is 11.8. The van der Waals surface area contributed by atoms with Gasteiger partial charge in [0, 0.05) is 13.2 Å². The van der Waals surface area contributed by atoms with Crippen LogP contribution in [-0.4, -0.2) is 40.7 Å². The number of rotatable bonds is 4. The lowest BCUT2D eigenvalue weighted by Crippen LogP contribution is -2.47. The quantitative estimate of drug-likeness (QED) is 0.590. The van der Waals surface area contributed by atoms with Crippen LogP contribution in [0.1, 0.15) is 40.0 Å². The summed E-state index contributed by atoms with van der Waals surface area (Å²) in [5.41, 5.74) is 0. The molecular formula is C15H30O4Si. The van der Waals surface area contributed by atoms with Crippen LogP contribution in [0.15, 0.2) is 0 Å². The van der Waals surface area contributed by atoms with Gasteiger partial charge in [-0.05, 0) is 37.4 Å². The van der Waals surface area contributed by atoms with Crippen molar-refractivity contribution in [3.05, 3.63) is 0 Å². The maximum atomic E-state index is 11.8. The molecule has 0 heterocycles. The number of carbonyl (C=O) groups is 1. The monoisotopic (exact) mass is 302 g/mol. The highest BCUT2D eigenvalue weighted by atomic mass is 28.4. The summed E-state index contributed by atoms with van der Waals surface area (Å²) in [6.45, 7) is 11.2. The first kappa shape index (κ1) is 17.7. The molecular weight excluding hydrogens is 272 g/mol. The Morgan fingerprint density at radius 1 is 1.05 bits per heavy atom. The second kappa shape index (κ2) is 6.58. The molecule has 1 aliphatic rings. The van der Waals surface area contributed by atoms with Crippen molar-refractivity contribution in [2.75, 3.05) is 14.2 Å². The summed E-state index contributed by atoms with van der Waals surface area (Å²) in [7, 11) is 1.33. The lowest BCUT2D eigenvalue weighted by molar-refractivity contribution is -0.150. The molecule has 1 rings (SSSR count). The van der Waals surface area contributed by atoms with Gasteiger partial charge in [0.2, 0.25) is 0 Å². The largest absolute Gasteiger partial charge is 0.469 e. The van der Waals surface area contributed by atoms with Crippen molar-refractivity contribution in [3.63, 3.8) is 0 Å². The van der Waals surface area contributed by atoms with Crippen LogP contribution >= 0.6 is 0 Å². The normalized spacial score (nSPS) is 28.2. The average Bonchev–Trinajstić information content (AvgIpc) is 2.35. The standard InChI is InChI=1S/C15H30O4Si/c1-15(2,3)20(6,7)19-13-9-11(14(16)18-5)8-12(10-13)17-4/h11-13H,8-10H2,1-7H3/t11-,12+,13+/m0/s1. The van der Waals surface area contributed by atoms with Crippen LogP contribution in [0.5, 0.6) is 0 Å². The minimum atomic E-state index is -1.82. The molecule has 0 aromatic rings. The van der Waals surface area contributed by atoms with E-state index in [1.807, 2.05) is 0 Å². The first-order valence-electron chi connectivity index (χ1n) is 7.39. The van der Waals surface area contributed by atoms with Gasteiger partial charge < -0.3 is 13.9 Å². The van der Waals surface area contributed by atoms with Gasteiger partial charge in [0.15, 0.2) is 8.32 Å². The molecule has 0 radical (unpaired) electrons. The second-order valence-electron chi connectivity index (χ2n) is 7.29. The molecule has 0 amide bonds. The van der Waals surface area contributed by atoms with Crippen LogP contribution in [0.2, 0.25) is 18.1 Å². The van der Waals surface area contributed by atoms with Crippen molar-refractivity contribution < 1.29 is 18.7 Å². The van der Waals surface area contributed by atoms with Crippen molar-refractivity contribution >= 4 is 14.3 Å². The van der Waals surface area contributed by atoms with E-state index in [2.05, 4.69) is 33.9 Å². The molecule has 20 heavy (non-hydrogen) atoms. The third-order valence-electron chi connectivity index (χ3n) is 4.76.